The minimum Gasteiger partial charge on any atom is -0.408 e. The van der Waals surface area contributed by atoms with Gasteiger partial charge in [-0.15, -0.1) is 0 Å². The molecule has 0 amide bonds. The van der Waals surface area contributed by atoms with Crippen LogP contribution in [0.25, 0.3) is 11.1 Å². The molecule has 0 spiro atoms. The average molecular weight is 286 g/mol. The molecule has 4 rings (SSSR count). The standard InChI is InChI=1S/C17H22N2O2/c20-17-19(15-9-3-4-10-16(15)21-17)12-18-11-5-7-13-6-1-2-8-14(13)18/h3-4,9-10,13-14H,1-2,5-8,11-12H2/t13-,14-/m1/s1. The number of hydrogen-bond acceptors (Lipinski definition) is 3. The van der Waals surface area contributed by atoms with E-state index in [1.165, 1.54) is 38.5 Å². The number of aromatic nitrogens is 1. The van der Waals surface area contributed by atoms with Gasteiger partial charge in [-0.25, -0.2) is 4.79 Å². The van der Waals surface area contributed by atoms with E-state index in [2.05, 4.69) is 4.90 Å². The summed E-state index contributed by atoms with van der Waals surface area (Å²) in [5.74, 6) is 0.607. The van der Waals surface area contributed by atoms with Crippen LogP contribution in [0.1, 0.15) is 38.5 Å². The lowest BCUT2D eigenvalue weighted by atomic mass is 9.78. The van der Waals surface area contributed by atoms with Crippen LogP contribution in [0, 0.1) is 5.92 Å². The predicted molar refractivity (Wildman–Crippen MR) is 82.2 cm³/mol. The Morgan fingerprint density at radius 3 is 2.86 bits per heavy atom. The molecule has 0 bridgehead atoms. The van der Waals surface area contributed by atoms with Crippen molar-refractivity contribution in [3.8, 4) is 0 Å². The number of nitrogens with zero attached hydrogens (tertiary/aromatic N) is 2. The van der Waals surface area contributed by atoms with Crippen molar-refractivity contribution in [2.24, 2.45) is 5.92 Å². The number of para-hydroxylation sites is 2. The minimum atomic E-state index is -0.228. The summed E-state index contributed by atoms with van der Waals surface area (Å²) in [6.45, 7) is 1.78. The zero-order chi connectivity index (χ0) is 14.2. The van der Waals surface area contributed by atoms with E-state index >= 15 is 0 Å². The van der Waals surface area contributed by atoms with Crippen molar-refractivity contribution in [3.63, 3.8) is 0 Å². The second-order valence-corrected chi connectivity index (χ2v) is 6.47. The monoisotopic (exact) mass is 286 g/mol. The van der Waals surface area contributed by atoms with Crippen LogP contribution in [0.15, 0.2) is 33.5 Å². The van der Waals surface area contributed by atoms with Crippen LogP contribution in [0.5, 0.6) is 0 Å². The van der Waals surface area contributed by atoms with Gasteiger partial charge in [0.25, 0.3) is 0 Å². The van der Waals surface area contributed by atoms with E-state index in [0.29, 0.717) is 18.3 Å². The van der Waals surface area contributed by atoms with Gasteiger partial charge in [-0.1, -0.05) is 25.0 Å². The maximum atomic E-state index is 12.1. The molecule has 0 N–H and O–H groups in total. The third-order valence-corrected chi connectivity index (χ3v) is 5.25. The fourth-order valence-electron chi connectivity index (χ4n) is 4.23. The first kappa shape index (κ1) is 13.1. The molecular formula is C17H22N2O2. The second-order valence-electron chi connectivity index (χ2n) is 6.47. The average Bonchev–Trinajstić information content (AvgIpc) is 2.84. The highest BCUT2D eigenvalue weighted by atomic mass is 16.4. The number of piperidine rings is 1. The summed E-state index contributed by atoms with van der Waals surface area (Å²) in [7, 11) is 0. The van der Waals surface area contributed by atoms with Crippen LogP contribution in [-0.2, 0) is 6.67 Å². The molecule has 1 saturated carbocycles. The normalized spacial score (nSPS) is 26.9. The number of fused-ring (bicyclic) bond motifs is 2. The Morgan fingerprint density at radius 1 is 1.10 bits per heavy atom. The molecule has 21 heavy (non-hydrogen) atoms. The summed E-state index contributed by atoms with van der Waals surface area (Å²) in [6.07, 6.45) is 7.98. The van der Waals surface area contributed by atoms with Crippen LogP contribution < -0.4 is 5.76 Å². The van der Waals surface area contributed by atoms with Crippen molar-refractivity contribution in [3.05, 3.63) is 34.8 Å². The van der Waals surface area contributed by atoms with Crippen molar-refractivity contribution in [1.82, 2.24) is 9.47 Å². The minimum absolute atomic E-state index is 0.228. The van der Waals surface area contributed by atoms with Crippen LogP contribution in [0.4, 0.5) is 0 Å². The van der Waals surface area contributed by atoms with Crippen molar-refractivity contribution in [1.29, 1.82) is 0 Å². The van der Waals surface area contributed by atoms with E-state index in [-0.39, 0.29) is 5.76 Å². The molecule has 112 valence electrons. The molecule has 1 aromatic heterocycles. The molecule has 0 unspecified atom stereocenters. The van der Waals surface area contributed by atoms with Gasteiger partial charge in [0.1, 0.15) is 0 Å². The molecule has 2 aliphatic rings. The van der Waals surface area contributed by atoms with Crippen molar-refractivity contribution in [2.45, 2.75) is 51.2 Å². The number of oxazole rings is 1. The van der Waals surface area contributed by atoms with Gasteiger partial charge in [-0.2, -0.15) is 0 Å². The molecule has 1 aliphatic carbocycles. The van der Waals surface area contributed by atoms with Crippen molar-refractivity contribution < 1.29 is 4.42 Å². The molecule has 1 aromatic carbocycles. The van der Waals surface area contributed by atoms with E-state index in [9.17, 15) is 4.79 Å². The van der Waals surface area contributed by atoms with Gasteiger partial charge in [-0.3, -0.25) is 9.47 Å². The van der Waals surface area contributed by atoms with Crippen LogP contribution >= 0.6 is 0 Å². The third-order valence-electron chi connectivity index (χ3n) is 5.25. The Morgan fingerprint density at radius 2 is 1.90 bits per heavy atom. The zero-order valence-corrected chi connectivity index (χ0v) is 12.3. The van der Waals surface area contributed by atoms with Gasteiger partial charge in [0.2, 0.25) is 0 Å². The Kier molecular flexibility index (Phi) is 3.34. The van der Waals surface area contributed by atoms with Gasteiger partial charge in [0.15, 0.2) is 5.58 Å². The van der Waals surface area contributed by atoms with Crippen molar-refractivity contribution >= 4 is 11.1 Å². The fraction of sp³-hybridized carbons (Fsp3) is 0.588. The summed E-state index contributed by atoms with van der Waals surface area (Å²) in [5.41, 5.74) is 1.61. The Balaban J connectivity index is 1.64. The zero-order valence-electron chi connectivity index (χ0n) is 12.3. The smallest absolute Gasteiger partial charge is 0.408 e. The van der Waals surface area contributed by atoms with E-state index in [4.69, 9.17) is 4.42 Å². The summed E-state index contributed by atoms with van der Waals surface area (Å²) < 4.78 is 7.16. The largest absolute Gasteiger partial charge is 0.421 e. The van der Waals surface area contributed by atoms with Crippen LogP contribution in [-0.4, -0.2) is 22.1 Å². The summed E-state index contributed by atoms with van der Waals surface area (Å²) in [6, 6.07) is 8.38. The van der Waals surface area contributed by atoms with E-state index in [1.807, 2.05) is 24.3 Å². The Labute approximate surface area is 124 Å². The van der Waals surface area contributed by atoms with Gasteiger partial charge in [0, 0.05) is 12.6 Å². The molecule has 2 fully saturated rings. The van der Waals surface area contributed by atoms with E-state index in [1.54, 1.807) is 4.57 Å². The topological polar surface area (TPSA) is 38.4 Å². The first-order valence-electron chi connectivity index (χ1n) is 8.15. The highest BCUT2D eigenvalue weighted by molar-refractivity contribution is 5.72. The summed E-state index contributed by atoms with van der Waals surface area (Å²) in [5, 5.41) is 0. The Bertz CT molecular complexity index is 685. The maximum Gasteiger partial charge on any atom is 0.421 e. The third kappa shape index (κ3) is 2.31. The first-order chi connectivity index (χ1) is 10.3. The second kappa shape index (κ2) is 5.34. The van der Waals surface area contributed by atoms with Gasteiger partial charge >= 0.3 is 5.76 Å². The van der Waals surface area contributed by atoms with Crippen LogP contribution in [0.3, 0.4) is 0 Å². The number of hydrogen-bond donors (Lipinski definition) is 0. The van der Waals surface area contributed by atoms with Gasteiger partial charge in [-0.05, 0) is 43.7 Å². The van der Waals surface area contributed by atoms with Crippen LogP contribution in [0.2, 0.25) is 0 Å². The van der Waals surface area contributed by atoms with Gasteiger partial charge in [0.05, 0.1) is 12.2 Å². The fourth-order valence-corrected chi connectivity index (χ4v) is 4.23. The van der Waals surface area contributed by atoms with Crippen molar-refractivity contribution in [2.75, 3.05) is 6.54 Å². The lowest BCUT2D eigenvalue weighted by molar-refractivity contribution is 0.0357. The molecule has 2 aromatic rings. The molecule has 4 heteroatoms. The SMILES string of the molecule is O=c1oc2ccccc2n1CN1CCC[C@H]2CCCC[C@H]21. The number of likely N-dealkylation sites (tertiary alicyclic amines) is 1. The molecule has 1 saturated heterocycles. The highest BCUT2D eigenvalue weighted by Crippen LogP contribution is 2.35. The lowest BCUT2D eigenvalue weighted by Gasteiger charge is -2.44. The molecule has 2 heterocycles. The molecule has 2 atom stereocenters. The number of benzene rings is 1. The quantitative estimate of drug-likeness (QED) is 0.851. The first-order valence-corrected chi connectivity index (χ1v) is 8.15. The molecule has 1 aliphatic heterocycles. The van der Waals surface area contributed by atoms with Gasteiger partial charge < -0.3 is 4.42 Å². The summed E-state index contributed by atoms with van der Waals surface area (Å²) in [4.78, 5) is 14.7. The predicted octanol–water partition coefficient (Wildman–Crippen LogP) is 3.21. The maximum absolute atomic E-state index is 12.1. The molecular weight excluding hydrogens is 264 g/mol. The van der Waals surface area contributed by atoms with E-state index in [0.717, 1.165) is 18.0 Å². The van der Waals surface area contributed by atoms with E-state index < -0.39 is 0 Å². The molecule has 4 nitrogen and oxygen atoms in total. The highest BCUT2D eigenvalue weighted by Gasteiger charge is 2.33. The molecule has 0 radical (unpaired) electrons. The lowest BCUT2D eigenvalue weighted by Crippen LogP contribution is -2.48. The summed E-state index contributed by atoms with van der Waals surface area (Å²) >= 11 is 0. The Hall–Kier alpha value is -1.55. The number of rotatable bonds is 2.